The van der Waals surface area contributed by atoms with E-state index in [0.717, 1.165) is 24.9 Å². The predicted molar refractivity (Wildman–Crippen MR) is 96.3 cm³/mol. The quantitative estimate of drug-likeness (QED) is 0.643. The maximum Gasteiger partial charge on any atom is 0.269 e. The van der Waals surface area contributed by atoms with Gasteiger partial charge in [0.2, 0.25) is 0 Å². The van der Waals surface area contributed by atoms with E-state index in [1.807, 2.05) is 13.1 Å². The number of aryl methyl sites for hydroxylation is 1. The zero-order chi connectivity index (χ0) is 16.9. The van der Waals surface area contributed by atoms with Crippen LogP contribution >= 0.6 is 0 Å². The number of hydrogen-bond acceptors (Lipinski definition) is 3. The molecule has 0 aliphatic heterocycles. The molecule has 0 fully saturated rings. The van der Waals surface area contributed by atoms with Crippen LogP contribution in [0.2, 0.25) is 0 Å². The summed E-state index contributed by atoms with van der Waals surface area (Å²) in [6, 6.07) is 15.8. The maximum atomic E-state index is 11.0. The lowest BCUT2D eigenvalue weighted by atomic mass is 9.73. The molecule has 4 heteroatoms. The number of hydrogen-bond donors (Lipinski definition) is 1. The van der Waals surface area contributed by atoms with Gasteiger partial charge < -0.3 is 5.32 Å². The first-order valence-corrected chi connectivity index (χ1v) is 8.64. The fraction of sp³-hybridized carbons (Fsp3) is 0.400. The Morgan fingerprint density at radius 3 is 2.88 bits per heavy atom. The molecule has 2 aromatic rings. The van der Waals surface area contributed by atoms with E-state index in [0.29, 0.717) is 11.8 Å². The number of nitrogens with zero attached hydrogens (tertiary/aromatic N) is 1. The van der Waals surface area contributed by atoms with E-state index in [1.165, 1.54) is 24.0 Å². The molecule has 0 saturated carbocycles. The molecule has 0 bridgehead atoms. The molecule has 2 atom stereocenters. The van der Waals surface area contributed by atoms with Gasteiger partial charge in [-0.2, -0.15) is 0 Å². The molecule has 0 spiro atoms. The highest BCUT2D eigenvalue weighted by atomic mass is 16.6. The summed E-state index contributed by atoms with van der Waals surface area (Å²) < 4.78 is 0. The van der Waals surface area contributed by atoms with Crippen LogP contribution in [0.5, 0.6) is 0 Å². The molecule has 1 N–H and O–H groups in total. The smallest absolute Gasteiger partial charge is 0.269 e. The molecule has 0 heterocycles. The molecule has 2 unspecified atom stereocenters. The van der Waals surface area contributed by atoms with Gasteiger partial charge in [0, 0.05) is 12.1 Å². The highest BCUT2D eigenvalue weighted by Gasteiger charge is 2.27. The van der Waals surface area contributed by atoms with E-state index in [1.54, 1.807) is 18.2 Å². The Kier molecular flexibility index (Phi) is 5.26. The summed E-state index contributed by atoms with van der Waals surface area (Å²) in [5, 5.41) is 14.3. The predicted octanol–water partition coefficient (Wildman–Crippen LogP) is 4.09. The van der Waals surface area contributed by atoms with Gasteiger partial charge in [-0.1, -0.05) is 36.4 Å². The van der Waals surface area contributed by atoms with Gasteiger partial charge in [-0.3, -0.25) is 10.1 Å². The van der Waals surface area contributed by atoms with Gasteiger partial charge in [0.25, 0.3) is 5.69 Å². The third-order valence-electron chi connectivity index (χ3n) is 5.07. The maximum absolute atomic E-state index is 11.0. The SMILES string of the molecule is CNCC(Cc1cccc([N+](=O)[O-])c1)C1CCCc2ccccc21. The summed E-state index contributed by atoms with van der Waals surface area (Å²) in [5.74, 6) is 0.958. The van der Waals surface area contributed by atoms with Crippen molar-refractivity contribution in [1.29, 1.82) is 0 Å². The molecule has 2 aromatic carbocycles. The van der Waals surface area contributed by atoms with Crippen molar-refractivity contribution in [3.63, 3.8) is 0 Å². The molecule has 1 aliphatic rings. The van der Waals surface area contributed by atoms with Crippen LogP contribution in [-0.4, -0.2) is 18.5 Å². The number of benzene rings is 2. The Morgan fingerprint density at radius 2 is 2.08 bits per heavy atom. The average Bonchev–Trinajstić information content (AvgIpc) is 2.61. The largest absolute Gasteiger partial charge is 0.319 e. The Morgan fingerprint density at radius 1 is 1.25 bits per heavy atom. The fourth-order valence-corrected chi connectivity index (χ4v) is 4.00. The second kappa shape index (κ2) is 7.58. The summed E-state index contributed by atoms with van der Waals surface area (Å²) in [6.45, 7) is 0.918. The molecule has 126 valence electrons. The molecular formula is C20H24N2O2. The van der Waals surface area contributed by atoms with Gasteiger partial charge >= 0.3 is 0 Å². The lowest BCUT2D eigenvalue weighted by molar-refractivity contribution is -0.384. The van der Waals surface area contributed by atoms with Crippen molar-refractivity contribution >= 4 is 5.69 Å². The Hall–Kier alpha value is -2.20. The monoisotopic (exact) mass is 324 g/mol. The third-order valence-corrected chi connectivity index (χ3v) is 5.07. The van der Waals surface area contributed by atoms with Crippen molar-refractivity contribution in [3.05, 3.63) is 75.3 Å². The van der Waals surface area contributed by atoms with Crippen LogP contribution in [0, 0.1) is 16.0 Å². The van der Waals surface area contributed by atoms with Crippen LogP contribution in [0.3, 0.4) is 0 Å². The van der Waals surface area contributed by atoms with Crippen LogP contribution in [-0.2, 0) is 12.8 Å². The normalized spacial score (nSPS) is 18.0. The van der Waals surface area contributed by atoms with Crippen LogP contribution < -0.4 is 5.32 Å². The minimum Gasteiger partial charge on any atom is -0.319 e. The number of nitro groups is 1. The van der Waals surface area contributed by atoms with E-state index >= 15 is 0 Å². The van der Waals surface area contributed by atoms with Crippen molar-refractivity contribution in [2.24, 2.45) is 5.92 Å². The Labute approximate surface area is 143 Å². The van der Waals surface area contributed by atoms with Gasteiger partial charge in [-0.05, 0) is 67.8 Å². The lowest BCUT2D eigenvalue weighted by Gasteiger charge is -2.32. The van der Waals surface area contributed by atoms with Crippen molar-refractivity contribution in [2.45, 2.75) is 31.6 Å². The summed E-state index contributed by atoms with van der Waals surface area (Å²) in [4.78, 5) is 10.7. The van der Waals surface area contributed by atoms with Crippen molar-refractivity contribution in [1.82, 2.24) is 5.32 Å². The van der Waals surface area contributed by atoms with Gasteiger partial charge in [0.05, 0.1) is 4.92 Å². The number of nitro benzene ring substituents is 1. The van der Waals surface area contributed by atoms with Crippen LogP contribution in [0.4, 0.5) is 5.69 Å². The Balaban J connectivity index is 1.86. The molecule has 0 radical (unpaired) electrons. The van der Waals surface area contributed by atoms with E-state index in [2.05, 4.69) is 29.6 Å². The molecule has 0 amide bonds. The van der Waals surface area contributed by atoms with Crippen LogP contribution in [0.25, 0.3) is 0 Å². The van der Waals surface area contributed by atoms with Gasteiger partial charge in [-0.25, -0.2) is 0 Å². The number of non-ortho nitro benzene ring substituents is 1. The van der Waals surface area contributed by atoms with Crippen molar-refractivity contribution in [2.75, 3.05) is 13.6 Å². The second-order valence-corrected chi connectivity index (χ2v) is 6.65. The summed E-state index contributed by atoms with van der Waals surface area (Å²) >= 11 is 0. The highest BCUT2D eigenvalue weighted by Crippen LogP contribution is 2.38. The second-order valence-electron chi connectivity index (χ2n) is 6.65. The number of fused-ring (bicyclic) bond motifs is 1. The standard InChI is InChI=1S/C20H24N2O2/c1-21-14-17(12-15-6-4-9-18(13-15)22(23)24)20-11-5-8-16-7-2-3-10-19(16)20/h2-4,6-7,9-10,13,17,20-21H,5,8,11-12,14H2,1H3. The zero-order valence-corrected chi connectivity index (χ0v) is 14.1. The van der Waals surface area contributed by atoms with Crippen LogP contribution in [0.1, 0.15) is 35.4 Å². The van der Waals surface area contributed by atoms with Gasteiger partial charge in [-0.15, -0.1) is 0 Å². The van der Waals surface area contributed by atoms with Gasteiger partial charge in [0.1, 0.15) is 0 Å². The minimum atomic E-state index is -0.313. The Bertz CT molecular complexity index is 714. The summed E-state index contributed by atoms with van der Waals surface area (Å²) in [5.41, 5.74) is 4.16. The van der Waals surface area contributed by atoms with Crippen molar-refractivity contribution in [3.8, 4) is 0 Å². The molecule has 1 aliphatic carbocycles. The summed E-state index contributed by atoms with van der Waals surface area (Å²) in [6.07, 6.45) is 4.44. The fourth-order valence-electron chi connectivity index (χ4n) is 4.00. The number of nitrogens with one attached hydrogen (secondary N) is 1. The van der Waals surface area contributed by atoms with E-state index in [-0.39, 0.29) is 10.6 Å². The van der Waals surface area contributed by atoms with Crippen LogP contribution in [0.15, 0.2) is 48.5 Å². The molecule has 0 saturated heterocycles. The lowest BCUT2D eigenvalue weighted by Crippen LogP contribution is -2.29. The summed E-state index contributed by atoms with van der Waals surface area (Å²) in [7, 11) is 1.98. The van der Waals surface area contributed by atoms with Crippen molar-refractivity contribution < 1.29 is 4.92 Å². The first-order valence-electron chi connectivity index (χ1n) is 8.64. The van der Waals surface area contributed by atoms with E-state index in [4.69, 9.17) is 0 Å². The topological polar surface area (TPSA) is 55.2 Å². The molecule has 3 rings (SSSR count). The first-order chi connectivity index (χ1) is 11.7. The zero-order valence-electron chi connectivity index (χ0n) is 14.1. The number of rotatable bonds is 6. The molecular weight excluding hydrogens is 300 g/mol. The average molecular weight is 324 g/mol. The first kappa shape index (κ1) is 16.7. The van der Waals surface area contributed by atoms with Gasteiger partial charge in [0.15, 0.2) is 0 Å². The van der Waals surface area contributed by atoms with E-state index in [9.17, 15) is 10.1 Å². The third kappa shape index (κ3) is 3.65. The van der Waals surface area contributed by atoms with E-state index < -0.39 is 0 Å². The molecule has 0 aromatic heterocycles. The molecule has 4 nitrogen and oxygen atoms in total. The minimum absolute atomic E-state index is 0.180. The highest BCUT2D eigenvalue weighted by molar-refractivity contribution is 5.36. The molecule has 24 heavy (non-hydrogen) atoms.